The fraction of sp³-hybridized carbons (Fsp3) is 0.978. The molecule has 0 saturated carbocycles. The normalized spacial score (nSPS) is 13.6. The second-order valence-electron chi connectivity index (χ2n) is 16.4. The number of hydrogen-bond donors (Lipinski definition) is 4. The average molecular weight is 710 g/mol. The number of hydrogen-bond acceptors (Lipinski definition) is 4. The van der Waals surface area contributed by atoms with Gasteiger partial charge in [-0.25, -0.2) is 0 Å². The Bertz CT molecular complexity index is 671. The second-order valence-corrected chi connectivity index (χ2v) is 16.4. The van der Waals surface area contributed by atoms with Crippen LogP contribution in [0.1, 0.15) is 252 Å². The lowest BCUT2D eigenvalue weighted by molar-refractivity contribution is -0.124. The van der Waals surface area contributed by atoms with E-state index in [9.17, 15) is 20.1 Å². The molecule has 0 aliphatic carbocycles. The van der Waals surface area contributed by atoms with E-state index in [-0.39, 0.29) is 12.5 Å². The lowest BCUT2D eigenvalue weighted by atomic mass is 9.99. The van der Waals surface area contributed by atoms with Gasteiger partial charge in [0.05, 0.1) is 18.8 Å². The zero-order valence-corrected chi connectivity index (χ0v) is 34.2. The molecule has 1 amide bonds. The van der Waals surface area contributed by atoms with Crippen LogP contribution in [-0.2, 0) is 4.79 Å². The lowest BCUT2D eigenvalue weighted by Crippen LogP contribution is -2.50. The summed E-state index contributed by atoms with van der Waals surface area (Å²) in [6.07, 6.45) is 43.8. The summed E-state index contributed by atoms with van der Waals surface area (Å²) < 4.78 is 0. The van der Waals surface area contributed by atoms with E-state index < -0.39 is 18.2 Å². The second kappa shape index (κ2) is 39.6. The SMILES string of the molecule is CCCCCCCCCCCCCCCCCCCCCCCCCCCC(=O)N[C@@H](CO)[C@H](O)[C@H](O)CCCCCCCCCCC(C)C. The standard InChI is InChI=1S/C45H91NO4/c1-4-5-6-7-8-9-10-11-12-13-14-15-16-17-18-19-20-21-22-23-24-25-30-33-36-39-44(49)46-42(40-47)45(50)43(48)38-35-32-29-27-26-28-31-34-37-41(2)3/h41-43,45,47-48,50H,4-40H2,1-3H3,(H,46,49)/t42-,43+,45-/m0/s1. The van der Waals surface area contributed by atoms with Crippen LogP contribution in [0.5, 0.6) is 0 Å². The van der Waals surface area contributed by atoms with E-state index in [1.165, 1.54) is 180 Å². The van der Waals surface area contributed by atoms with Crippen LogP contribution in [0, 0.1) is 5.92 Å². The number of aliphatic hydroxyl groups is 3. The summed E-state index contributed by atoms with van der Waals surface area (Å²) in [7, 11) is 0. The molecule has 50 heavy (non-hydrogen) atoms. The molecule has 300 valence electrons. The minimum absolute atomic E-state index is 0.141. The molecule has 5 nitrogen and oxygen atoms in total. The van der Waals surface area contributed by atoms with Crippen LogP contribution >= 0.6 is 0 Å². The van der Waals surface area contributed by atoms with E-state index in [2.05, 4.69) is 26.1 Å². The number of carbonyl (C=O) groups is 1. The Labute approximate surface area is 313 Å². The Morgan fingerprint density at radius 1 is 0.460 bits per heavy atom. The van der Waals surface area contributed by atoms with E-state index in [0.717, 1.165) is 44.4 Å². The van der Waals surface area contributed by atoms with E-state index >= 15 is 0 Å². The summed E-state index contributed by atoms with van der Waals surface area (Å²) in [6.45, 7) is 6.50. The van der Waals surface area contributed by atoms with Gasteiger partial charge in [-0.3, -0.25) is 4.79 Å². The number of amides is 1. The Balaban J connectivity index is 3.50. The van der Waals surface area contributed by atoms with Crippen molar-refractivity contribution in [2.75, 3.05) is 6.61 Å². The number of carbonyl (C=O) groups excluding carboxylic acids is 1. The van der Waals surface area contributed by atoms with Gasteiger partial charge in [-0.15, -0.1) is 0 Å². The maximum atomic E-state index is 12.4. The van der Waals surface area contributed by atoms with Gasteiger partial charge in [0.2, 0.25) is 5.91 Å². The molecule has 0 bridgehead atoms. The van der Waals surface area contributed by atoms with Gasteiger partial charge < -0.3 is 20.6 Å². The molecule has 0 aliphatic rings. The third-order valence-corrected chi connectivity index (χ3v) is 10.9. The molecule has 0 aromatic heterocycles. The van der Waals surface area contributed by atoms with Gasteiger partial charge in [-0.2, -0.15) is 0 Å². The van der Waals surface area contributed by atoms with Crippen molar-refractivity contribution < 1.29 is 20.1 Å². The molecule has 5 heteroatoms. The van der Waals surface area contributed by atoms with E-state index in [1.54, 1.807) is 0 Å². The Morgan fingerprint density at radius 3 is 1.08 bits per heavy atom. The van der Waals surface area contributed by atoms with Crippen molar-refractivity contribution in [2.24, 2.45) is 5.92 Å². The number of rotatable bonds is 41. The maximum Gasteiger partial charge on any atom is 0.220 e. The van der Waals surface area contributed by atoms with Crippen molar-refractivity contribution in [3.8, 4) is 0 Å². The quantitative estimate of drug-likeness (QED) is 0.0476. The topological polar surface area (TPSA) is 89.8 Å². The molecule has 0 aromatic carbocycles. The van der Waals surface area contributed by atoms with Crippen LogP contribution in [0.3, 0.4) is 0 Å². The predicted molar refractivity (Wildman–Crippen MR) is 218 cm³/mol. The number of unbranched alkanes of at least 4 members (excludes halogenated alkanes) is 31. The van der Waals surface area contributed by atoms with Crippen LogP contribution in [0.25, 0.3) is 0 Å². The molecule has 0 aromatic rings. The van der Waals surface area contributed by atoms with Gasteiger partial charge in [0, 0.05) is 6.42 Å². The highest BCUT2D eigenvalue weighted by Gasteiger charge is 2.26. The molecule has 0 heterocycles. The first kappa shape index (κ1) is 49.4. The summed E-state index contributed by atoms with van der Waals surface area (Å²) in [6, 6.07) is -0.803. The molecule has 4 N–H and O–H groups in total. The summed E-state index contributed by atoms with van der Waals surface area (Å²) in [5.41, 5.74) is 0. The first-order valence-corrected chi connectivity index (χ1v) is 22.7. The van der Waals surface area contributed by atoms with Crippen LogP contribution in [-0.4, -0.2) is 46.1 Å². The van der Waals surface area contributed by atoms with Crippen molar-refractivity contribution in [1.29, 1.82) is 0 Å². The Morgan fingerprint density at radius 2 is 0.760 bits per heavy atom. The van der Waals surface area contributed by atoms with Gasteiger partial charge in [-0.1, -0.05) is 233 Å². The van der Waals surface area contributed by atoms with E-state index in [0.29, 0.717) is 12.8 Å². The highest BCUT2D eigenvalue weighted by molar-refractivity contribution is 5.76. The fourth-order valence-electron chi connectivity index (χ4n) is 7.35. The summed E-state index contributed by atoms with van der Waals surface area (Å²) in [4.78, 5) is 12.4. The van der Waals surface area contributed by atoms with Crippen molar-refractivity contribution in [2.45, 2.75) is 270 Å². The minimum Gasteiger partial charge on any atom is -0.394 e. The average Bonchev–Trinajstić information content (AvgIpc) is 3.10. The van der Waals surface area contributed by atoms with E-state index in [4.69, 9.17) is 0 Å². The smallest absolute Gasteiger partial charge is 0.220 e. The largest absolute Gasteiger partial charge is 0.394 e. The molecule has 0 radical (unpaired) electrons. The first-order chi connectivity index (χ1) is 24.4. The van der Waals surface area contributed by atoms with Gasteiger partial charge in [-0.05, 0) is 18.8 Å². The summed E-state index contributed by atoms with van der Waals surface area (Å²) in [5, 5.41) is 33.5. The minimum atomic E-state index is -1.13. The highest BCUT2D eigenvalue weighted by Crippen LogP contribution is 2.17. The molecule has 0 aliphatic heterocycles. The summed E-state index contributed by atoms with van der Waals surface area (Å²) in [5.74, 6) is 0.663. The van der Waals surface area contributed by atoms with E-state index in [1.807, 2.05) is 0 Å². The van der Waals surface area contributed by atoms with Gasteiger partial charge >= 0.3 is 0 Å². The molecule has 0 saturated heterocycles. The van der Waals surface area contributed by atoms with Gasteiger partial charge in [0.1, 0.15) is 6.10 Å². The van der Waals surface area contributed by atoms with Crippen molar-refractivity contribution in [1.82, 2.24) is 5.32 Å². The predicted octanol–water partition coefficient (Wildman–Crippen LogP) is 12.9. The van der Waals surface area contributed by atoms with Crippen LogP contribution < -0.4 is 5.32 Å². The third kappa shape index (κ3) is 35.7. The monoisotopic (exact) mass is 710 g/mol. The Kier molecular flexibility index (Phi) is 39.0. The fourth-order valence-corrected chi connectivity index (χ4v) is 7.35. The van der Waals surface area contributed by atoms with Crippen molar-refractivity contribution >= 4 is 5.91 Å². The van der Waals surface area contributed by atoms with Crippen LogP contribution in [0.4, 0.5) is 0 Å². The van der Waals surface area contributed by atoms with Crippen LogP contribution in [0.2, 0.25) is 0 Å². The molecule has 0 spiro atoms. The number of aliphatic hydroxyl groups excluding tert-OH is 3. The molecular weight excluding hydrogens is 618 g/mol. The van der Waals surface area contributed by atoms with Crippen molar-refractivity contribution in [3.05, 3.63) is 0 Å². The molecular formula is C45H91NO4. The summed E-state index contributed by atoms with van der Waals surface area (Å²) >= 11 is 0. The Hall–Kier alpha value is -0.650. The molecule has 0 fully saturated rings. The first-order valence-electron chi connectivity index (χ1n) is 22.7. The number of nitrogens with one attached hydrogen (secondary N) is 1. The van der Waals surface area contributed by atoms with Gasteiger partial charge in [0.25, 0.3) is 0 Å². The molecule has 0 rings (SSSR count). The molecule has 3 atom stereocenters. The zero-order valence-electron chi connectivity index (χ0n) is 34.2. The lowest BCUT2D eigenvalue weighted by Gasteiger charge is -2.26. The highest BCUT2D eigenvalue weighted by atomic mass is 16.3. The van der Waals surface area contributed by atoms with Crippen LogP contribution in [0.15, 0.2) is 0 Å². The maximum absolute atomic E-state index is 12.4. The third-order valence-electron chi connectivity index (χ3n) is 10.9. The van der Waals surface area contributed by atoms with Gasteiger partial charge in [0.15, 0.2) is 0 Å². The van der Waals surface area contributed by atoms with Crippen molar-refractivity contribution in [3.63, 3.8) is 0 Å². The zero-order chi connectivity index (χ0) is 36.8. The molecule has 0 unspecified atom stereocenters.